The summed E-state index contributed by atoms with van der Waals surface area (Å²) in [6.45, 7) is 2.93. The standard InChI is InChI=1S/C20H28ClN5O.HI/c1-22-20(23-11-10-16-8-9-19(21)24-14-16)25-15-17-6-4-5-7-18(17)27-13-12-26(2)3;/h4-9,14H,10-13,15H2,1-3H3,(H2,22,23,25);1H. The van der Waals surface area contributed by atoms with Crippen LogP contribution in [-0.4, -0.2) is 56.7 Å². The van der Waals surface area contributed by atoms with E-state index >= 15 is 0 Å². The molecular formula is C20H29ClIN5O. The molecule has 0 fully saturated rings. The highest BCUT2D eigenvalue weighted by Gasteiger charge is 2.05. The summed E-state index contributed by atoms with van der Waals surface area (Å²) in [7, 11) is 5.83. The molecule has 1 aromatic heterocycles. The lowest BCUT2D eigenvalue weighted by atomic mass is 10.2. The highest BCUT2D eigenvalue weighted by Crippen LogP contribution is 2.17. The van der Waals surface area contributed by atoms with E-state index in [0.717, 1.165) is 42.3 Å². The molecule has 28 heavy (non-hydrogen) atoms. The molecule has 1 heterocycles. The number of benzene rings is 1. The van der Waals surface area contributed by atoms with Gasteiger partial charge in [-0.05, 0) is 38.2 Å². The van der Waals surface area contributed by atoms with Gasteiger partial charge in [-0.3, -0.25) is 4.99 Å². The minimum atomic E-state index is 0. The van der Waals surface area contributed by atoms with E-state index in [1.165, 1.54) is 0 Å². The average molecular weight is 518 g/mol. The second-order valence-corrected chi connectivity index (χ2v) is 6.74. The molecule has 0 amide bonds. The van der Waals surface area contributed by atoms with Crippen molar-refractivity contribution in [3.8, 4) is 5.75 Å². The number of nitrogens with one attached hydrogen (secondary N) is 2. The van der Waals surface area contributed by atoms with Gasteiger partial charge in [0, 0.05) is 38.4 Å². The van der Waals surface area contributed by atoms with Gasteiger partial charge in [-0.1, -0.05) is 35.9 Å². The molecule has 0 aliphatic rings. The molecule has 0 spiro atoms. The SMILES string of the molecule is CN=C(NCCc1ccc(Cl)nc1)NCc1ccccc1OCCN(C)C.I. The molecule has 154 valence electrons. The van der Waals surface area contributed by atoms with Crippen molar-refractivity contribution in [3.63, 3.8) is 0 Å². The zero-order valence-electron chi connectivity index (χ0n) is 16.6. The summed E-state index contributed by atoms with van der Waals surface area (Å²) in [5.74, 6) is 1.65. The Morgan fingerprint density at radius 1 is 1.18 bits per heavy atom. The number of nitrogens with zero attached hydrogens (tertiary/aromatic N) is 3. The third kappa shape index (κ3) is 9.07. The Hall–Kier alpha value is -1.58. The third-order valence-electron chi connectivity index (χ3n) is 3.93. The van der Waals surface area contributed by atoms with Crippen LogP contribution >= 0.6 is 35.6 Å². The molecule has 0 unspecified atom stereocenters. The lowest BCUT2D eigenvalue weighted by Crippen LogP contribution is -2.38. The number of para-hydroxylation sites is 1. The maximum atomic E-state index is 5.90. The van der Waals surface area contributed by atoms with Gasteiger partial charge in [0.1, 0.15) is 17.5 Å². The Morgan fingerprint density at radius 2 is 1.96 bits per heavy atom. The van der Waals surface area contributed by atoms with E-state index in [9.17, 15) is 0 Å². The van der Waals surface area contributed by atoms with E-state index in [1.807, 2.05) is 38.4 Å². The maximum Gasteiger partial charge on any atom is 0.191 e. The minimum absolute atomic E-state index is 0. The number of hydrogen-bond acceptors (Lipinski definition) is 4. The van der Waals surface area contributed by atoms with Gasteiger partial charge >= 0.3 is 0 Å². The number of halogens is 2. The van der Waals surface area contributed by atoms with Crippen LogP contribution in [0.1, 0.15) is 11.1 Å². The first-order chi connectivity index (χ1) is 13.1. The lowest BCUT2D eigenvalue weighted by molar-refractivity contribution is 0.259. The molecule has 1 aromatic carbocycles. The van der Waals surface area contributed by atoms with E-state index in [-0.39, 0.29) is 24.0 Å². The summed E-state index contributed by atoms with van der Waals surface area (Å²) in [5.41, 5.74) is 2.23. The fourth-order valence-corrected chi connectivity index (χ4v) is 2.52. The molecule has 0 bridgehead atoms. The molecule has 2 N–H and O–H groups in total. The smallest absolute Gasteiger partial charge is 0.191 e. The van der Waals surface area contributed by atoms with Crippen LogP contribution in [0.2, 0.25) is 5.15 Å². The van der Waals surface area contributed by atoms with E-state index < -0.39 is 0 Å². The van der Waals surface area contributed by atoms with Gasteiger partial charge in [0.05, 0.1) is 0 Å². The quantitative estimate of drug-likeness (QED) is 0.232. The van der Waals surface area contributed by atoms with Gasteiger partial charge in [-0.25, -0.2) is 4.98 Å². The molecule has 2 aromatic rings. The Bertz CT molecular complexity index is 725. The highest BCUT2D eigenvalue weighted by molar-refractivity contribution is 14.0. The van der Waals surface area contributed by atoms with Crippen molar-refractivity contribution in [2.24, 2.45) is 4.99 Å². The van der Waals surface area contributed by atoms with E-state index in [1.54, 1.807) is 19.3 Å². The van der Waals surface area contributed by atoms with Crippen LogP contribution in [0.5, 0.6) is 5.75 Å². The molecule has 6 nitrogen and oxygen atoms in total. The highest BCUT2D eigenvalue weighted by atomic mass is 127. The van der Waals surface area contributed by atoms with Gasteiger partial charge in [0.25, 0.3) is 0 Å². The van der Waals surface area contributed by atoms with E-state index in [0.29, 0.717) is 18.3 Å². The van der Waals surface area contributed by atoms with Crippen molar-refractivity contribution >= 4 is 41.5 Å². The Kier molecular flexibility index (Phi) is 11.9. The van der Waals surface area contributed by atoms with Crippen LogP contribution in [0.3, 0.4) is 0 Å². The van der Waals surface area contributed by atoms with Crippen LogP contribution in [0.4, 0.5) is 0 Å². The minimum Gasteiger partial charge on any atom is -0.492 e. The molecule has 0 aliphatic heterocycles. The molecule has 2 rings (SSSR count). The molecular weight excluding hydrogens is 489 g/mol. The number of aliphatic imine (C=N–C) groups is 1. The summed E-state index contributed by atoms with van der Waals surface area (Å²) < 4.78 is 5.90. The second kappa shape index (κ2) is 13.6. The van der Waals surface area contributed by atoms with Crippen molar-refractivity contribution < 1.29 is 4.74 Å². The summed E-state index contributed by atoms with van der Waals surface area (Å²) >= 11 is 5.81. The number of rotatable bonds is 9. The van der Waals surface area contributed by atoms with Gasteiger partial charge in [-0.2, -0.15) is 0 Å². The first-order valence-electron chi connectivity index (χ1n) is 8.99. The molecule has 8 heteroatoms. The zero-order valence-corrected chi connectivity index (χ0v) is 19.7. The summed E-state index contributed by atoms with van der Waals surface area (Å²) in [5, 5.41) is 7.15. The Labute approximate surface area is 189 Å². The Morgan fingerprint density at radius 3 is 2.64 bits per heavy atom. The number of hydrogen-bond donors (Lipinski definition) is 2. The molecule has 0 saturated heterocycles. The molecule has 0 aliphatic carbocycles. The van der Waals surface area contributed by atoms with Crippen LogP contribution in [0.15, 0.2) is 47.6 Å². The Balaban J connectivity index is 0.00000392. The number of aromatic nitrogens is 1. The normalized spacial score (nSPS) is 11.1. The van der Waals surface area contributed by atoms with E-state index in [4.69, 9.17) is 16.3 Å². The van der Waals surface area contributed by atoms with Gasteiger partial charge in [0.2, 0.25) is 0 Å². The summed E-state index contributed by atoms with van der Waals surface area (Å²) in [6.07, 6.45) is 2.64. The fourth-order valence-electron chi connectivity index (χ4n) is 2.41. The first-order valence-corrected chi connectivity index (χ1v) is 9.36. The zero-order chi connectivity index (χ0) is 19.5. The monoisotopic (exact) mass is 517 g/mol. The summed E-state index contributed by atoms with van der Waals surface area (Å²) in [4.78, 5) is 10.5. The number of guanidine groups is 1. The fraction of sp³-hybridized carbons (Fsp3) is 0.400. The number of ether oxygens (including phenoxy) is 1. The van der Waals surface area contributed by atoms with E-state index in [2.05, 4.69) is 31.6 Å². The topological polar surface area (TPSA) is 61.8 Å². The van der Waals surface area contributed by atoms with Gasteiger partial charge < -0.3 is 20.3 Å². The predicted octanol–water partition coefficient (Wildman–Crippen LogP) is 3.20. The molecule has 0 radical (unpaired) electrons. The van der Waals surface area contributed by atoms with Crippen molar-refractivity contribution in [1.82, 2.24) is 20.5 Å². The van der Waals surface area contributed by atoms with Crippen LogP contribution < -0.4 is 15.4 Å². The van der Waals surface area contributed by atoms with Crippen molar-refractivity contribution in [1.29, 1.82) is 0 Å². The molecule has 0 atom stereocenters. The van der Waals surface area contributed by atoms with Crippen molar-refractivity contribution in [3.05, 3.63) is 58.9 Å². The number of pyridine rings is 1. The van der Waals surface area contributed by atoms with Crippen molar-refractivity contribution in [2.45, 2.75) is 13.0 Å². The second-order valence-electron chi connectivity index (χ2n) is 6.35. The maximum absolute atomic E-state index is 5.90. The van der Waals surface area contributed by atoms with Crippen LogP contribution in [-0.2, 0) is 13.0 Å². The van der Waals surface area contributed by atoms with Crippen LogP contribution in [0.25, 0.3) is 0 Å². The van der Waals surface area contributed by atoms with Gasteiger partial charge in [0.15, 0.2) is 5.96 Å². The predicted molar refractivity (Wildman–Crippen MR) is 127 cm³/mol. The first kappa shape index (κ1) is 24.5. The summed E-state index contributed by atoms with van der Waals surface area (Å²) in [6, 6.07) is 11.8. The van der Waals surface area contributed by atoms with Crippen molar-refractivity contribution in [2.75, 3.05) is 40.8 Å². The molecule has 0 saturated carbocycles. The third-order valence-corrected chi connectivity index (χ3v) is 4.16. The van der Waals surface area contributed by atoms with Crippen LogP contribution in [0, 0.1) is 0 Å². The lowest BCUT2D eigenvalue weighted by Gasteiger charge is -2.16. The van der Waals surface area contributed by atoms with Gasteiger partial charge in [-0.15, -0.1) is 24.0 Å². The largest absolute Gasteiger partial charge is 0.492 e. The average Bonchev–Trinajstić information content (AvgIpc) is 2.66. The number of likely N-dealkylation sites (N-methyl/N-ethyl adjacent to an activating group) is 1.